The van der Waals surface area contributed by atoms with Gasteiger partial charge in [-0.15, -0.1) is 11.3 Å². The average molecular weight is 319 g/mol. The zero-order chi connectivity index (χ0) is 15.2. The van der Waals surface area contributed by atoms with Crippen molar-refractivity contribution in [1.82, 2.24) is 4.72 Å². The van der Waals surface area contributed by atoms with E-state index in [2.05, 4.69) is 11.6 Å². The van der Waals surface area contributed by atoms with Crippen molar-refractivity contribution in [2.45, 2.75) is 62.8 Å². The average Bonchev–Trinajstić information content (AvgIpc) is 2.96. The first-order valence-corrected chi connectivity index (χ1v) is 9.52. The van der Waals surface area contributed by atoms with Gasteiger partial charge >= 0.3 is 0 Å². The Labute approximate surface area is 126 Å². The number of hydrogen-bond donors (Lipinski definition) is 2. The third-order valence-electron chi connectivity index (χ3n) is 3.58. The van der Waals surface area contributed by atoms with Gasteiger partial charge < -0.3 is 5.11 Å². The fourth-order valence-corrected chi connectivity index (χ4v) is 4.46. The highest BCUT2D eigenvalue weighted by atomic mass is 32.2. The second kappa shape index (κ2) is 8.12. The van der Waals surface area contributed by atoms with Crippen LogP contribution in [0.25, 0.3) is 0 Å². The van der Waals surface area contributed by atoms with E-state index in [4.69, 9.17) is 0 Å². The van der Waals surface area contributed by atoms with Gasteiger partial charge in [0, 0.05) is 0 Å². The Morgan fingerprint density at radius 1 is 1.40 bits per heavy atom. The van der Waals surface area contributed by atoms with Crippen molar-refractivity contribution in [1.29, 1.82) is 0 Å². The van der Waals surface area contributed by atoms with Gasteiger partial charge in [0.25, 0.3) is 0 Å². The molecular formula is C14H25NO3S2. The van der Waals surface area contributed by atoms with E-state index in [-0.39, 0.29) is 5.92 Å². The summed E-state index contributed by atoms with van der Waals surface area (Å²) in [5, 5.41) is 12.0. The SMILES string of the molecule is CCCCC(O)C(NS(=O)(=O)c1cccs1)[C@@H](C)CC. The molecule has 3 atom stereocenters. The molecule has 0 spiro atoms. The van der Waals surface area contributed by atoms with E-state index in [0.29, 0.717) is 10.6 Å². The Balaban J connectivity index is 2.84. The highest BCUT2D eigenvalue weighted by molar-refractivity contribution is 7.91. The standard InChI is InChI=1S/C14H25NO3S2/c1-4-6-8-12(16)14(11(3)5-2)15-20(17,18)13-9-7-10-19-13/h7,9-12,14-16H,4-6,8H2,1-3H3/t11-,12?,14?/m0/s1. The lowest BCUT2D eigenvalue weighted by Crippen LogP contribution is -2.47. The number of thiophene rings is 1. The van der Waals surface area contributed by atoms with Crippen LogP contribution in [0.1, 0.15) is 46.5 Å². The molecule has 0 amide bonds. The van der Waals surface area contributed by atoms with Crippen molar-refractivity contribution >= 4 is 21.4 Å². The molecule has 0 aliphatic heterocycles. The predicted octanol–water partition coefficient (Wildman–Crippen LogP) is 2.99. The van der Waals surface area contributed by atoms with Crippen LogP contribution in [0, 0.1) is 5.92 Å². The Bertz CT molecular complexity index is 471. The topological polar surface area (TPSA) is 66.4 Å². The molecule has 6 heteroatoms. The quantitative estimate of drug-likeness (QED) is 0.735. The zero-order valence-electron chi connectivity index (χ0n) is 12.4. The molecule has 2 N–H and O–H groups in total. The molecular weight excluding hydrogens is 294 g/mol. The molecule has 0 saturated carbocycles. The van der Waals surface area contributed by atoms with Crippen LogP contribution in [0.5, 0.6) is 0 Å². The fraction of sp³-hybridized carbons (Fsp3) is 0.714. The van der Waals surface area contributed by atoms with Gasteiger partial charge in [-0.1, -0.05) is 46.1 Å². The van der Waals surface area contributed by atoms with Crippen LogP contribution < -0.4 is 4.72 Å². The van der Waals surface area contributed by atoms with Crippen molar-refractivity contribution in [2.75, 3.05) is 0 Å². The molecule has 0 aliphatic rings. The van der Waals surface area contributed by atoms with E-state index in [1.807, 2.05) is 13.8 Å². The summed E-state index contributed by atoms with van der Waals surface area (Å²) in [6, 6.07) is 2.86. The number of hydrogen-bond acceptors (Lipinski definition) is 4. The summed E-state index contributed by atoms with van der Waals surface area (Å²) in [5.41, 5.74) is 0. The highest BCUT2D eigenvalue weighted by Gasteiger charge is 2.29. The third kappa shape index (κ3) is 4.84. The van der Waals surface area contributed by atoms with Gasteiger partial charge in [-0.25, -0.2) is 13.1 Å². The normalized spacial score (nSPS) is 16.8. The molecule has 20 heavy (non-hydrogen) atoms. The minimum atomic E-state index is -3.53. The first kappa shape index (κ1) is 17.6. The van der Waals surface area contributed by atoms with Gasteiger partial charge in [-0.3, -0.25) is 0 Å². The number of aliphatic hydroxyl groups excluding tert-OH is 1. The van der Waals surface area contributed by atoms with Crippen molar-refractivity contribution in [3.63, 3.8) is 0 Å². The second-order valence-electron chi connectivity index (χ2n) is 5.17. The fourth-order valence-electron chi connectivity index (χ4n) is 2.07. The first-order chi connectivity index (χ1) is 9.42. The van der Waals surface area contributed by atoms with Gasteiger partial charge in [-0.05, 0) is 23.8 Å². The largest absolute Gasteiger partial charge is 0.391 e. The lowest BCUT2D eigenvalue weighted by Gasteiger charge is -2.28. The molecule has 0 radical (unpaired) electrons. The highest BCUT2D eigenvalue weighted by Crippen LogP contribution is 2.21. The lowest BCUT2D eigenvalue weighted by molar-refractivity contribution is 0.101. The van der Waals surface area contributed by atoms with Crippen LogP contribution in [0.15, 0.2) is 21.7 Å². The van der Waals surface area contributed by atoms with Gasteiger partial charge in [0.05, 0.1) is 12.1 Å². The molecule has 1 aromatic rings. The summed E-state index contributed by atoms with van der Waals surface area (Å²) < 4.78 is 27.6. The molecule has 0 bridgehead atoms. The van der Waals surface area contributed by atoms with E-state index in [9.17, 15) is 13.5 Å². The Kier molecular flexibility index (Phi) is 7.15. The van der Waals surface area contributed by atoms with E-state index >= 15 is 0 Å². The molecule has 0 aromatic carbocycles. The van der Waals surface area contributed by atoms with Crippen molar-refractivity contribution in [2.24, 2.45) is 5.92 Å². The summed E-state index contributed by atoms with van der Waals surface area (Å²) >= 11 is 1.19. The molecule has 1 aromatic heterocycles. The Hall–Kier alpha value is -0.430. The molecule has 1 rings (SSSR count). The molecule has 116 valence electrons. The maximum absolute atomic E-state index is 12.3. The molecule has 1 heterocycles. The van der Waals surface area contributed by atoms with Crippen LogP contribution in [0.4, 0.5) is 0 Å². The number of unbranched alkanes of at least 4 members (excludes halogenated alkanes) is 1. The van der Waals surface area contributed by atoms with Crippen LogP contribution in [0.2, 0.25) is 0 Å². The molecule has 0 aliphatic carbocycles. The second-order valence-corrected chi connectivity index (χ2v) is 8.06. The van der Waals surface area contributed by atoms with E-state index in [1.54, 1.807) is 17.5 Å². The van der Waals surface area contributed by atoms with Gasteiger partial charge in [-0.2, -0.15) is 0 Å². The first-order valence-electron chi connectivity index (χ1n) is 7.16. The molecule has 0 saturated heterocycles. The summed E-state index contributed by atoms with van der Waals surface area (Å²) in [4.78, 5) is 0. The minimum absolute atomic E-state index is 0.0941. The van der Waals surface area contributed by atoms with Crippen molar-refractivity contribution in [3.05, 3.63) is 17.5 Å². The summed E-state index contributed by atoms with van der Waals surface area (Å²) in [6.45, 7) is 6.03. The van der Waals surface area contributed by atoms with Crippen molar-refractivity contribution < 1.29 is 13.5 Å². The monoisotopic (exact) mass is 319 g/mol. The minimum Gasteiger partial charge on any atom is -0.391 e. The van der Waals surface area contributed by atoms with Crippen LogP contribution >= 0.6 is 11.3 Å². The summed E-state index contributed by atoms with van der Waals surface area (Å²) in [7, 11) is -3.53. The smallest absolute Gasteiger partial charge is 0.250 e. The molecule has 0 fully saturated rings. The van der Waals surface area contributed by atoms with E-state index < -0.39 is 22.2 Å². The van der Waals surface area contributed by atoms with Gasteiger partial charge in [0.2, 0.25) is 10.0 Å². The summed E-state index contributed by atoms with van der Waals surface area (Å²) in [5.74, 6) is 0.0941. The van der Waals surface area contributed by atoms with E-state index in [0.717, 1.165) is 19.3 Å². The Morgan fingerprint density at radius 3 is 2.60 bits per heavy atom. The number of nitrogens with one attached hydrogen (secondary N) is 1. The van der Waals surface area contributed by atoms with E-state index in [1.165, 1.54) is 11.3 Å². The van der Waals surface area contributed by atoms with Gasteiger partial charge in [0.1, 0.15) is 4.21 Å². The number of aliphatic hydroxyl groups is 1. The Morgan fingerprint density at radius 2 is 2.10 bits per heavy atom. The van der Waals surface area contributed by atoms with Gasteiger partial charge in [0.15, 0.2) is 0 Å². The summed E-state index contributed by atoms with van der Waals surface area (Å²) in [6.07, 6.45) is 2.69. The van der Waals surface area contributed by atoms with Crippen LogP contribution in [-0.2, 0) is 10.0 Å². The molecule has 2 unspecified atom stereocenters. The zero-order valence-corrected chi connectivity index (χ0v) is 14.0. The van der Waals surface area contributed by atoms with Crippen molar-refractivity contribution in [3.8, 4) is 0 Å². The third-order valence-corrected chi connectivity index (χ3v) is 6.43. The van der Waals surface area contributed by atoms with Crippen LogP contribution in [0.3, 0.4) is 0 Å². The number of sulfonamides is 1. The molecule has 4 nitrogen and oxygen atoms in total. The number of rotatable bonds is 9. The van der Waals surface area contributed by atoms with Crippen LogP contribution in [-0.4, -0.2) is 25.7 Å². The lowest BCUT2D eigenvalue weighted by atomic mass is 9.92. The maximum atomic E-state index is 12.3. The predicted molar refractivity (Wildman–Crippen MR) is 83.4 cm³/mol. The maximum Gasteiger partial charge on any atom is 0.250 e.